The van der Waals surface area contributed by atoms with Gasteiger partial charge in [0, 0.05) is 11.8 Å². The third-order valence-corrected chi connectivity index (χ3v) is 4.97. The average Bonchev–Trinajstić information content (AvgIpc) is 3.14. The van der Waals surface area contributed by atoms with Crippen molar-refractivity contribution in [3.05, 3.63) is 52.8 Å². The SMILES string of the molecule is CC(=O)c1c[nH]c(C(=O)N2CC[NH+](CC(=O)Nc3ccccc3Cl)CC2)c1. The minimum absolute atomic E-state index is 0.0795. The summed E-state index contributed by atoms with van der Waals surface area (Å²) in [4.78, 5) is 41.8. The van der Waals surface area contributed by atoms with Crippen LogP contribution in [0.2, 0.25) is 5.02 Å². The van der Waals surface area contributed by atoms with Gasteiger partial charge in [0.2, 0.25) is 0 Å². The maximum absolute atomic E-state index is 12.5. The van der Waals surface area contributed by atoms with Crippen molar-refractivity contribution < 1.29 is 19.3 Å². The molecule has 142 valence electrons. The number of aromatic amines is 1. The van der Waals surface area contributed by atoms with Crippen molar-refractivity contribution in [3.8, 4) is 0 Å². The van der Waals surface area contributed by atoms with Crippen LogP contribution in [0.25, 0.3) is 0 Å². The van der Waals surface area contributed by atoms with Crippen LogP contribution in [0.4, 0.5) is 5.69 Å². The molecule has 2 aromatic rings. The summed E-state index contributed by atoms with van der Waals surface area (Å²) in [6.45, 7) is 4.27. The summed E-state index contributed by atoms with van der Waals surface area (Å²) >= 11 is 6.05. The van der Waals surface area contributed by atoms with E-state index < -0.39 is 0 Å². The molecule has 27 heavy (non-hydrogen) atoms. The molecule has 1 aliphatic heterocycles. The van der Waals surface area contributed by atoms with Gasteiger partial charge in [-0.3, -0.25) is 14.4 Å². The Morgan fingerprint density at radius 1 is 1.22 bits per heavy atom. The Bertz CT molecular complexity index is 856. The first kappa shape index (κ1) is 19.1. The molecule has 3 rings (SSSR count). The summed E-state index contributed by atoms with van der Waals surface area (Å²) in [6.07, 6.45) is 1.55. The molecule has 1 fully saturated rings. The van der Waals surface area contributed by atoms with Crippen LogP contribution in [0.3, 0.4) is 0 Å². The molecule has 1 aromatic carbocycles. The Kier molecular flexibility index (Phi) is 5.93. The highest BCUT2D eigenvalue weighted by molar-refractivity contribution is 6.33. The molecular formula is C19H22ClN4O3+. The molecule has 0 spiro atoms. The summed E-state index contributed by atoms with van der Waals surface area (Å²) in [7, 11) is 0. The molecule has 1 saturated heterocycles. The lowest BCUT2D eigenvalue weighted by molar-refractivity contribution is -0.895. The van der Waals surface area contributed by atoms with Crippen LogP contribution in [0.1, 0.15) is 27.8 Å². The fourth-order valence-corrected chi connectivity index (χ4v) is 3.26. The number of benzene rings is 1. The number of carbonyl (C=O) groups excluding carboxylic acids is 3. The smallest absolute Gasteiger partial charge is 0.279 e. The van der Waals surface area contributed by atoms with E-state index in [-0.39, 0.29) is 17.6 Å². The number of halogens is 1. The van der Waals surface area contributed by atoms with Gasteiger partial charge >= 0.3 is 0 Å². The number of nitrogens with zero attached hydrogens (tertiary/aromatic N) is 1. The van der Waals surface area contributed by atoms with Crippen molar-refractivity contribution in [2.75, 3.05) is 38.0 Å². The quantitative estimate of drug-likeness (QED) is 0.662. The minimum atomic E-state index is -0.123. The van der Waals surface area contributed by atoms with Gasteiger partial charge in [0.25, 0.3) is 11.8 Å². The Labute approximate surface area is 162 Å². The van der Waals surface area contributed by atoms with Crippen molar-refractivity contribution in [1.82, 2.24) is 9.88 Å². The summed E-state index contributed by atoms with van der Waals surface area (Å²) in [6, 6.07) is 8.70. The van der Waals surface area contributed by atoms with Gasteiger partial charge in [0.05, 0.1) is 36.9 Å². The predicted octanol–water partition coefficient (Wildman–Crippen LogP) is 0.850. The molecule has 0 atom stereocenters. The van der Waals surface area contributed by atoms with E-state index >= 15 is 0 Å². The number of Topliss-reactive ketones (excluding diaryl/α,β-unsaturated/α-hetero) is 1. The number of aromatic nitrogens is 1. The Morgan fingerprint density at radius 2 is 1.93 bits per heavy atom. The van der Waals surface area contributed by atoms with Crippen LogP contribution in [0.15, 0.2) is 36.5 Å². The third kappa shape index (κ3) is 4.75. The standard InChI is InChI=1S/C19H21ClN4O3/c1-13(25)14-10-17(21-11-14)19(27)24-8-6-23(7-9-24)12-18(26)22-16-5-3-2-4-15(16)20/h2-5,10-11,21H,6-9,12H2,1H3,(H,22,26)/p+1. The minimum Gasteiger partial charge on any atom is -0.356 e. The second kappa shape index (κ2) is 8.37. The number of nitrogens with one attached hydrogen (secondary N) is 3. The molecule has 8 heteroatoms. The van der Waals surface area contributed by atoms with E-state index in [0.29, 0.717) is 54.7 Å². The normalized spacial score (nSPS) is 14.8. The van der Waals surface area contributed by atoms with Gasteiger partial charge in [0.1, 0.15) is 5.69 Å². The number of hydrogen-bond donors (Lipinski definition) is 3. The number of quaternary nitrogens is 1. The van der Waals surface area contributed by atoms with Crippen molar-refractivity contribution in [2.24, 2.45) is 0 Å². The summed E-state index contributed by atoms with van der Waals surface area (Å²) in [5, 5.41) is 3.33. The molecule has 3 N–H and O–H groups in total. The number of hydrogen-bond acceptors (Lipinski definition) is 3. The van der Waals surface area contributed by atoms with E-state index in [1.54, 1.807) is 29.3 Å². The van der Waals surface area contributed by atoms with Gasteiger partial charge < -0.3 is 20.1 Å². The number of rotatable bonds is 5. The molecule has 0 aliphatic carbocycles. The molecule has 0 bridgehead atoms. The van der Waals surface area contributed by atoms with Crippen LogP contribution in [-0.4, -0.2) is 60.2 Å². The first-order valence-corrected chi connectivity index (χ1v) is 9.18. The largest absolute Gasteiger partial charge is 0.356 e. The van der Waals surface area contributed by atoms with E-state index in [1.165, 1.54) is 6.92 Å². The van der Waals surface area contributed by atoms with E-state index in [1.807, 2.05) is 12.1 Å². The van der Waals surface area contributed by atoms with Crippen molar-refractivity contribution >= 4 is 34.9 Å². The molecule has 0 saturated carbocycles. The number of ketones is 1. The lowest BCUT2D eigenvalue weighted by Gasteiger charge is -2.31. The monoisotopic (exact) mass is 389 g/mol. The number of H-pyrrole nitrogens is 1. The lowest BCUT2D eigenvalue weighted by atomic mass is 10.2. The second-order valence-corrected chi connectivity index (χ2v) is 7.01. The summed E-state index contributed by atoms with van der Waals surface area (Å²) in [5.41, 5.74) is 1.52. The van der Waals surface area contributed by atoms with Crippen LogP contribution in [0, 0.1) is 0 Å². The van der Waals surface area contributed by atoms with Gasteiger partial charge in [-0.05, 0) is 25.1 Å². The summed E-state index contributed by atoms with van der Waals surface area (Å²) in [5.74, 6) is -0.306. The zero-order valence-electron chi connectivity index (χ0n) is 15.0. The van der Waals surface area contributed by atoms with Gasteiger partial charge in [-0.25, -0.2) is 0 Å². The molecule has 7 nitrogen and oxygen atoms in total. The number of anilines is 1. The number of carbonyl (C=O) groups is 3. The topological polar surface area (TPSA) is 86.7 Å². The maximum Gasteiger partial charge on any atom is 0.279 e. The molecule has 0 unspecified atom stereocenters. The predicted molar refractivity (Wildman–Crippen MR) is 102 cm³/mol. The van der Waals surface area contributed by atoms with Crippen molar-refractivity contribution in [2.45, 2.75) is 6.92 Å². The molecule has 2 heterocycles. The van der Waals surface area contributed by atoms with E-state index in [9.17, 15) is 14.4 Å². The third-order valence-electron chi connectivity index (χ3n) is 4.64. The first-order valence-electron chi connectivity index (χ1n) is 8.80. The number of piperazine rings is 1. The van der Waals surface area contributed by atoms with Gasteiger partial charge in [-0.15, -0.1) is 0 Å². The average molecular weight is 390 g/mol. The fourth-order valence-electron chi connectivity index (χ4n) is 3.08. The van der Waals surface area contributed by atoms with Gasteiger partial charge in [0.15, 0.2) is 12.3 Å². The lowest BCUT2D eigenvalue weighted by Crippen LogP contribution is -3.15. The highest BCUT2D eigenvalue weighted by atomic mass is 35.5. The van der Waals surface area contributed by atoms with Crippen LogP contribution >= 0.6 is 11.6 Å². The van der Waals surface area contributed by atoms with Crippen molar-refractivity contribution in [3.63, 3.8) is 0 Å². The van der Waals surface area contributed by atoms with Gasteiger partial charge in [-0.1, -0.05) is 23.7 Å². The van der Waals surface area contributed by atoms with Crippen molar-refractivity contribution in [1.29, 1.82) is 0 Å². The van der Waals surface area contributed by atoms with E-state index in [2.05, 4.69) is 10.3 Å². The van der Waals surface area contributed by atoms with Crippen LogP contribution in [-0.2, 0) is 4.79 Å². The maximum atomic E-state index is 12.5. The zero-order chi connectivity index (χ0) is 19.4. The van der Waals surface area contributed by atoms with E-state index in [0.717, 1.165) is 4.90 Å². The fraction of sp³-hybridized carbons (Fsp3) is 0.316. The molecule has 2 amide bonds. The van der Waals surface area contributed by atoms with Crippen LogP contribution in [0.5, 0.6) is 0 Å². The first-order chi connectivity index (χ1) is 12.9. The highest BCUT2D eigenvalue weighted by Crippen LogP contribution is 2.19. The molecule has 1 aromatic heterocycles. The second-order valence-electron chi connectivity index (χ2n) is 6.61. The highest BCUT2D eigenvalue weighted by Gasteiger charge is 2.27. The molecular weight excluding hydrogens is 368 g/mol. The Hall–Kier alpha value is -2.64. The molecule has 0 radical (unpaired) electrons. The van der Waals surface area contributed by atoms with Gasteiger partial charge in [-0.2, -0.15) is 0 Å². The summed E-state index contributed by atoms with van der Waals surface area (Å²) < 4.78 is 0. The molecule has 1 aliphatic rings. The Balaban J connectivity index is 1.49. The number of para-hydroxylation sites is 1. The Morgan fingerprint density at radius 3 is 2.56 bits per heavy atom. The van der Waals surface area contributed by atoms with E-state index in [4.69, 9.17) is 11.6 Å². The van der Waals surface area contributed by atoms with Crippen LogP contribution < -0.4 is 10.2 Å². The number of amides is 2. The zero-order valence-corrected chi connectivity index (χ0v) is 15.8.